The van der Waals surface area contributed by atoms with Crippen molar-refractivity contribution < 1.29 is 4.42 Å². The topological polar surface area (TPSA) is 38.9 Å². The van der Waals surface area contributed by atoms with Crippen LogP contribution in [0.1, 0.15) is 0 Å². The zero-order valence-electron chi connectivity index (χ0n) is 26.3. The van der Waals surface area contributed by atoms with Crippen LogP contribution in [0.5, 0.6) is 0 Å². The molecule has 0 atom stereocenters. The Bertz CT molecular complexity index is 3060. The summed E-state index contributed by atoms with van der Waals surface area (Å²) in [6, 6.07) is 56.0. The van der Waals surface area contributed by atoms with Gasteiger partial charge in [-0.15, -0.1) is 0 Å². The lowest BCUT2D eigenvalue weighted by molar-refractivity contribution is 0.672. The third kappa shape index (κ3) is 3.78. The Morgan fingerprint density at radius 3 is 1.63 bits per heavy atom. The van der Waals surface area contributed by atoms with Crippen LogP contribution in [0.25, 0.3) is 109 Å². The van der Waals surface area contributed by atoms with Gasteiger partial charge in [0.2, 0.25) is 0 Å². The molecule has 0 radical (unpaired) electrons. The maximum atomic E-state index is 6.59. The molecule has 3 aromatic heterocycles. The van der Waals surface area contributed by atoms with Gasteiger partial charge in [-0.05, 0) is 39.9 Å². The molecular weight excluding hydrogens is 597 g/mol. The maximum Gasteiger partial charge on any atom is 0.145 e. The maximum absolute atomic E-state index is 6.59. The van der Waals surface area contributed by atoms with Gasteiger partial charge in [-0.25, -0.2) is 9.97 Å². The fourth-order valence-corrected chi connectivity index (χ4v) is 7.95. The lowest BCUT2D eigenvalue weighted by atomic mass is 9.91. The first kappa shape index (κ1) is 26.5. The van der Waals surface area contributed by atoms with E-state index in [1.807, 2.05) is 12.1 Å². The number of furan rings is 1. The van der Waals surface area contributed by atoms with E-state index in [-0.39, 0.29) is 0 Å². The Balaban J connectivity index is 1.20. The fraction of sp³-hybridized carbons (Fsp3) is 0. The molecule has 0 aliphatic carbocycles. The van der Waals surface area contributed by atoms with Crippen molar-refractivity contribution in [1.29, 1.82) is 0 Å². The largest absolute Gasteiger partial charge is 0.455 e. The second-order valence-electron chi connectivity index (χ2n) is 12.9. The summed E-state index contributed by atoms with van der Waals surface area (Å²) in [7, 11) is 0. The van der Waals surface area contributed by atoms with E-state index in [1.54, 1.807) is 0 Å². The number of hydrogen-bond donors (Lipinski definition) is 0. The number of aromatic nitrogens is 2. The zero-order valence-corrected chi connectivity index (χ0v) is 26.3. The van der Waals surface area contributed by atoms with Crippen molar-refractivity contribution in [3.63, 3.8) is 0 Å². The Morgan fingerprint density at radius 2 is 0.918 bits per heavy atom. The molecule has 0 saturated carbocycles. The molecule has 226 valence electrons. The summed E-state index contributed by atoms with van der Waals surface area (Å²) in [5.41, 5.74) is 9.08. The van der Waals surface area contributed by atoms with Gasteiger partial charge in [-0.2, -0.15) is 0 Å². The lowest BCUT2D eigenvalue weighted by Gasteiger charge is -2.15. The van der Waals surface area contributed by atoms with Crippen molar-refractivity contribution in [2.45, 2.75) is 0 Å². The van der Waals surface area contributed by atoms with Gasteiger partial charge in [0.25, 0.3) is 0 Å². The molecule has 0 fully saturated rings. The summed E-state index contributed by atoms with van der Waals surface area (Å²) in [4.78, 5) is 10.7. The highest BCUT2D eigenvalue weighted by Gasteiger charge is 2.19. The Morgan fingerprint density at radius 1 is 0.367 bits per heavy atom. The minimum atomic E-state index is 0.876. The van der Waals surface area contributed by atoms with Crippen molar-refractivity contribution in [2.24, 2.45) is 0 Å². The minimum Gasteiger partial charge on any atom is -0.455 e. The molecule has 0 N–H and O–H groups in total. The van der Waals surface area contributed by atoms with E-state index in [9.17, 15) is 0 Å². The van der Waals surface area contributed by atoms with E-state index in [0.717, 1.165) is 93.0 Å². The van der Waals surface area contributed by atoms with E-state index in [2.05, 4.69) is 146 Å². The number of rotatable bonds is 2. The van der Waals surface area contributed by atoms with Gasteiger partial charge in [-0.1, -0.05) is 140 Å². The molecular formula is C46H26N2O. The second kappa shape index (κ2) is 9.96. The van der Waals surface area contributed by atoms with E-state index in [0.29, 0.717) is 0 Å². The van der Waals surface area contributed by atoms with Gasteiger partial charge in [0, 0.05) is 48.8 Å². The summed E-state index contributed by atoms with van der Waals surface area (Å²) >= 11 is 0. The molecule has 0 spiro atoms. The van der Waals surface area contributed by atoms with Gasteiger partial charge in [0.1, 0.15) is 11.2 Å². The molecule has 49 heavy (non-hydrogen) atoms. The number of fused-ring (bicyclic) bond motifs is 13. The monoisotopic (exact) mass is 622 g/mol. The van der Waals surface area contributed by atoms with E-state index in [1.165, 1.54) is 16.3 Å². The van der Waals surface area contributed by atoms with Crippen molar-refractivity contribution >= 4 is 87.0 Å². The van der Waals surface area contributed by atoms with Gasteiger partial charge in [0.05, 0.1) is 27.6 Å². The van der Waals surface area contributed by atoms with Gasteiger partial charge < -0.3 is 4.42 Å². The average Bonchev–Trinajstić information content (AvgIpc) is 3.56. The first-order valence-electron chi connectivity index (χ1n) is 16.7. The summed E-state index contributed by atoms with van der Waals surface area (Å²) in [5.74, 6) is 0. The van der Waals surface area contributed by atoms with Gasteiger partial charge >= 0.3 is 0 Å². The van der Waals surface area contributed by atoms with Crippen LogP contribution in [-0.2, 0) is 0 Å². The molecule has 3 nitrogen and oxygen atoms in total. The fourth-order valence-electron chi connectivity index (χ4n) is 7.95. The SMILES string of the molecule is c1ccc2c(c1)ccc1c(-c3ccc(-c4nc5ccccc5c5ccc6c7ccccc7oc6c45)cc3)c3ccc4ccccc4c3nc12. The number of pyridine rings is 2. The number of hydrogen-bond acceptors (Lipinski definition) is 3. The molecule has 0 unspecified atom stereocenters. The van der Waals surface area contributed by atoms with Crippen LogP contribution in [0, 0.1) is 0 Å². The molecule has 3 heteroatoms. The van der Waals surface area contributed by atoms with Crippen molar-refractivity contribution in [2.75, 3.05) is 0 Å². The predicted octanol–water partition coefficient (Wildman–Crippen LogP) is 12.6. The van der Waals surface area contributed by atoms with Crippen LogP contribution in [0.15, 0.2) is 162 Å². The summed E-state index contributed by atoms with van der Waals surface area (Å²) in [6.07, 6.45) is 0. The van der Waals surface area contributed by atoms with Gasteiger partial charge in [0.15, 0.2) is 0 Å². The van der Waals surface area contributed by atoms with Crippen LogP contribution >= 0.6 is 0 Å². The number of benzene rings is 8. The standard InChI is InChI=1S/C46H26N2O/c1-3-11-31-27(9-1)21-23-37-41(38-24-22-28-10-2-4-12-32(28)45(38)48-44(31)37)29-17-19-30(20-18-29)43-42-35(33-13-5-7-15-39(33)47-43)25-26-36-34-14-6-8-16-40(34)49-46(36)42/h1-26H. The second-order valence-corrected chi connectivity index (χ2v) is 12.9. The molecule has 11 aromatic rings. The molecule has 11 rings (SSSR count). The summed E-state index contributed by atoms with van der Waals surface area (Å²) in [6.45, 7) is 0. The Hall–Kier alpha value is -6.58. The quantitative estimate of drug-likeness (QED) is 0.142. The molecule has 0 aliphatic rings. The van der Waals surface area contributed by atoms with Crippen molar-refractivity contribution in [3.8, 4) is 22.4 Å². The molecule has 0 amide bonds. The predicted molar refractivity (Wildman–Crippen MR) is 205 cm³/mol. The smallest absolute Gasteiger partial charge is 0.145 e. The van der Waals surface area contributed by atoms with E-state index < -0.39 is 0 Å². The molecule has 3 heterocycles. The van der Waals surface area contributed by atoms with Crippen LogP contribution < -0.4 is 0 Å². The van der Waals surface area contributed by atoms with Crippen molar-refractivity contribution in [1.82, 2.24) is 9.97 Å². The van der Waals surface area contributed by atoms with E-state index in [4.69, 9.17) is 14.4 Å². The van der Waals surface area contributed by atoms with E-state index >= 15 is 0 Å². The minimum absolute atomic E-state index is 0.876. The summed E-state index contributed by atoms with van der Waals surface area (Å²) in [5, 5.41) is 12.5. The Kier molecular flexibility index (Phi) is 5.38. The van der Waals surface area contributed by atoms with Crippen LogP contribution in [0.2, 0.25) is 0 Å². The first-order valence-corrected chi connectivity index (χ1v) is 16.7. The third-order valence-corrected chi connectivity index (χ3v) is 10.2. The number of nitrogens with zero attached hydrogens (tertiary/aromatic N) is 2. The molecule has 0 bridgehead atoms. The Labute approximate surface area is 280 Å². The first-order chi connectivity index (χ1) is 24.3. The highest BCUT2D eigenvalue weighted by molar-refractivity contribution is 6.24. The lowest BCUT2D eigenvalue weighted by Crippen LogP contribution is -1.93. The zero-order chi connectivity index (χ0) is 32.1. The highest BCUT2D eigenvalue weighted by atomic mass is 16.3. The van der Waals surface area contributed by atoms with Gasteiger partial charge in [-0.3, -0.25) is 0 Å². The number of para-hydroxylation sites is 2. The summed E-state index contributed by atoms with van der Waals surface area (Å²) < 4.78 is 6.59. The third-order valence-electron chi connectivity index (χ3n) is 10.2. The molecule has 0 saturated heterocycles. The normalized spacial score (nSPS) is 12.1. The van der Waals surface area contributed by atoms with Crippen molar-refractivity contribution in [3.05, 3.63) is 158 Å². The highest BCUT2D eigenvalue weighted by Crippen LogP contribution is 2.43. The van der Waals surface area contributed by atoms with Crippen LogP contribution in [0.3, 0.4) is 0 Å². The molecule has 0 aliphatic heterocycles. The average molecular weight is 623 g/mol. The molecule has 8 aromatic carbocycles. The van der Waals surface area contributed by atoms with Crippen LogP contribution in [-0.4, -0.2) is 9.97 Å². The van der Waals surface area contributed by atoms with Crippen LogP contribution in [0.4, 0.5) is 0 Å².